The third-order valence-corrected chi connectivity index (χ3v) is 2.80. The molecule has 2 N–H and O–H groups in total. The summed E-state index contributed by atoms with van der Waals surface area (Å²) in [6.07, 6.45) is 0. The number of halogens is 1. The molecule has 1 heterocycles. The first kappa shape index (κ1) is 11.2. The summed E-state index contributed by atoms with van der Waals surface area (Å²) in [6.45, 7) is 2.24. The van der Waals surface area contributed by atoms with E-state index < -0.39 is 0 Å². The topological polar surface area (TPSA) is 44.9 Å². The Morgan fingerprint density at radius 2 is 2.25 bits per heavy atom. The Kier molecular flexibility index (Phi) is 2.99. The Bertz CT molecular complexity index is 545. The molecule has 1 aromatic heterocycles. The number of ketones is 1. The molecule has 0 amide bonds. The minimum atomic E-state index is 0.0913. The molecule has 0 spiro atoms. The summed E-state index contributed by atoms with van der Waals surface area (Å²) in [5, 5.41) is 4.47. The quantitative estimate of drug-likeness (QED) is 0.805. The van der Waals surface area contributed by atoms with E-state index >= 15 is 0 Å². The lowest BCUT2D eigenvalue weighted by atomic mass is 10.1. The van der Waals surface area contributed by atoms with E-state index in [2.05, 4.69) is 10.3 Å². The van der Waals surface area contributed by atoms with Gasteiger partial charge in [0.15, 0.2) is 5.78 Å². The average Bonchev–Trinajstić information content (AvgIpc) is 2.53. The van der Waals surface area contributed by atoms with Gasteiger partial charge in [0, 0.05) is 27.2 Å². The third kappa shape index (κ3) is 1.84. The van der Waals surface area contributed by atoms with Crippen molar-refractivity contribution in [1.29, 1.82) is 0 Å². The molecule has 4 heteroatoms. The largest absolute Gasteiger partial charge is 0.358 e. The van der Waals surface area contributed by atoms with Gasteiger partial charge in [0.25, 0.3) is 0 Å². The molecule has 2 aromatic rings. The van der Waals surface area contributed by atoms with Crippen molar-refractivity contribution in [3.05, 3.63) is 34.5 Å². The molecule has 0 aliphatic rings. The number of rotatable bonds is 3. The minimum Gasteiger partial charge on any atom is -0.358 e. The predicted molar refractivity (Wildman–Crippen MR) is 66.3 cm³/mol. The van der Waals surface area contributed by atoms with Crippen molar-refractivity contribution < 1.29 is 4.79 Å². The highest BCUT2D eigenvalue weighted by Gasteiger charge is 2.14. The number of H-pyrrole nitrogens is 1. The molecule has 0 radical (unpaired) electrons. The maximum Gasteiger partial charge on any atom is 0.179 e. The SMILES string of the molecule is CNCC(=O)c1c(C)[nH]c2cc(Cl)ccc12. The van der Waals surface area contributed by atoms with Gasteiger partial charge < -0.3 is 10.3 Å². The molecule has 1 aromatic carbocycles. The van der Waals surface area contributed by atoms with Crippen LogP contribution in [0.15, 0.2) is 18.2 Å². The number of aryl methyl sites for hydroxylation is 1. The van der Waals surface area contributed by atoms with Crippen LogP contribution < -0.4 is 5.32 Å². The lowest BCUT2D eigenvalue weighted by Crippen LogP contribution is -2.18. The number of likely N-dealkylation sites (N-methyl/N-ethyl adjacent to an activating group) is 1. The van der Waals surface area contributed by atoms with E-state index in [-0.39, 0.29) is 5.78 Å². The molecule has 0 aliphatic carbocycles. The first-order valence-corrected chi connectivity index (χ1v) is 5.47. The fourth-order valence-corrected chi connectivity index (χ4v) is 2.08. The minimum absolute atomic E-state index is 0.0913. The fraction of sp³-hybridized carbons (Fsp3) is 0.250. The number of carbonyl (C=O) groups is 1. The zero-order chi connectivity index (χ0) is 11.7. The van der Waals surface area contributed by atoms with E-state index in [0.717, 1.165) is 22.2 Å². The number of carbonyl (C=O) groups excluding carboxylic acids is 1. The predicted octanol–water partition coefficient (Wildman–Crippen LogP) is 2.53. The van der Waals surface area contributed by atoms with Crippen LogP contribution in [0.1, 0.15) is 16.1 Å². The number of nitrogens with one attached hydrogen (secondary N) is 2. The molecule has 2 rings (SSSR count). The fourth-order valence-electron chi connectivity index (χ4n) is 1.91. The van der Waals surface area contributed by atoms with Crippen molar-refractivity contribution in [2.24, 2.45) is 0 Å². The second kappa shape index (κ2) is 4.28. The molecule has 0 atom stereocenters. The van der Waals surface area contributed by atoms with Crippen molar-refractivity contribution in [3.63, 3.8) is 0 Å². The van der Waals surface area contributed by atoms with Crippen LogP contribution in [0, 0.1) is 6.92 Å². The van der Waals surface area contributed by atoms with Crippen molar-refractivity contribution in [2.75, 3.05) is 13.6 Å². The highest BCUT2D eigenvalue weighted by Crippen LogP contribution is 2.25. The Balaban J connectivity index is 2.60. The molecule has 84 valence electrons. The lowest BCUT2D eigenvalue weighted by molar-refractivity contribution is 0.0994. The maximum atomic E-state index is 11.9. The Morgan fingerprint density at radius 1 is 1.50 bits per heavy atom. The van der Waals surface area contributed by atoms with E-state index in [4.69, 9.17) is 11.6 Å². The van der Waals surface area contributed by atoms with Crippen LogP contribution >= 0.6 is 11.6 Å². The molecule has 0 saturated heterocycles. The van der Waals surface area contributed by atoms with E-state index in [9.17, 15) is 4.79 Å². The van der Waals surface area contributed by atoms with Gasteiger partial charge in [-0.05, 0) is 26.1 Å². The van der Waals surface area contributed by atoms with Gasteiger partial charge in [-0.15, -0.1) is 0 Å². The number of fused-ring (bicyclic) bond motifs is 1. The Hall–Kier alpha value is -1.32. The molecule has 0 aliphatic heterocycles. The van der Waals surface area contributed by atoms with Crippen LogP contribution in [0.4, 0.5) is 0 Å². The number of benzene rings is 1. The van der Waals surface area contributed by atoms with Crippen LogP contribution in [0.25, 0.3) is 10.9 Å². The number of aromatic amines is 1. The van der Waals surface area contributed by atoms with Crippen LogP contribution in [0.3, 0.4) is 0 Å². The van der Waals surface area contributed by atoms with E-state index in [1.54, 1.807) is 13.1 Å². The molecule has 0 fully saturated rings. The molecular weight excluding hydrogens is 224 g/mol. The zero-order valence-electron chi connectivity index (χ0n) is 9.23. The summed E-state index contributed by atoms with van der Waals surface area (Å²) in [4.78, 5) is 15.1. The molecule has 16 heavy (non-hydrogen) atoms. The smallest absolute Gasteiger partial charge is 0.179 e. The third-order valence-electron chi connectivity index (χ3n) is 2.56. The number of Topliss-reactive ketones (excluding diaryl/α,β-unsaturated/α-hetero) is 1. The van der Waals surface area contributed by atoms with Crippen molar-refractivity contribution in [2.45, 2.75) is 6.92 Å². The summed E-state index contributed by atoms with van der Waals surface area (Å²) < 4.78 is 0. The van der Waals surface area contributed by atoms with Crippen LogP contribution in [0.2, 0.25) is 5.02 Å². The van der Waals surface area contributed by atoms with Crippen molar-refractivity contribution >= 4 is 28.3 Å². The van der Waals surface area contributed by atoms with Crippen LogP contribution in [-0.2, 0) is 0 Å². The van der Waals surface area contributed by atoms with Gasteiger partial charge in [0.05, 0.1) is 6.54 Å². The van der Waals surface area contributed by atoms with Crippen molar-refractivity contribution in [3.8, 4) is 0 Å². The van der Waals surface area contributed by atoms with Gasteiger partial charge in [0.1, 0.15) is 0 Å². The van der Waals surface area contributed by atoms with Gasteiger partial charge in [0.2, 0.25) is 0 Å². The highest BCUT2D eigenvalue weighted by atomic mass is 35.5. The summed E-state index contributed by atoms with van der Waals surface area (Å²) in [5.41, 5.74) is 2.54. The maximum absolute atomic E-state index is 11.9. The van der Waals surface area contributed by atoms with Gasteiger partial charge >= 0.3 is 0 Å². The standard InChI is InChI=1S/C12H13ClN2O/c1-7-12(11(16)6-14-2)9-4-3-8(13)5-10(9)15-7/h3-5,14-15H,6H2,1-2H3. The molecule has 0 saturated carbocycles. The van der Waals surface area contributed by atoms with E-state index in [1.165, 1.54) is 0 Å². The van der Waals surface area contributed by atoms with Crippen LogP contribution in [0.5, 0.6) is 0 Å². The normalized spacial score (nSPS) is 10.9. The monoisotopic (exact) mass is 236 g/mol. The molecule has 3 nitrogen and oxygen atoms in total. The summed E-state index contributed by atoms with van der Waals surface area (Å²) in [6, 6.07) is 5.51. The Morgan fingerprint density at radius 3 is 2.94 bits per heavy atom. The highest BCUT2D eigenvalue weighted by molar-refractivity contribution is 6.31. The van der Waals surface area contributed by atoms with Gasteiger partial charge in [-0.1, -0.05) is 17.7 Å². The van der Waals surface area contributed by atoms with E-state index in [0.29, 0.717) is 11.6 Å². The first-order valence-electron chi connectivity index (χ1n) is 5.09. The summed E-state index contributed by atoms with van der Waals surface area (Å²) in [5.74, 6) is 0.0913. The molecule has 0 bridgehead atoms. The second-order valence-corrected chi connectivity index (χ2v) is 4.20. The number of hydrogen-bond donors (Lipinski definition) is 2. The average molecular weight is 237 g/mol. The van der Waals surface area contributed by atoms with Crippen LogP contribution in [-0.4, -0.2) is 24.4 Å². The lowest BCUT2D eigenvalue weighted by Gasteiger charge is -1.99. The van der Waals surface area contributed by atoms with Crippen molar-refractivity contribution in [1.82, 2.24) is 10.3 Å². The van der Waals surface area contributed by atoms with Gasteiger partial charge in [-0.2, -0.15) is 0 Å². The Labute approximate surface area is 98.8 Å². The number of hydrogen-bond acceptors (Lipinski definition) is 2. The molecule has 0 unspecified atom stereocenters. The number of aromatic nitrogens is 1. The zero-order valence-corrected chi connectivity index (χ0v) is 9.98. The van der Waals surface area contributed by atoms with E-state index in [1.807, 2.05) is 19.1 Å². The van der Waals surface area contributed by atoms with Gasteiger partial charge in [-0.25, -0.2) is 0 Å². The molecular formula is C12H13ClN2O. The summed E-state index contributed by atoms with van der Waals surface area (Å²) in [7, 11) is 1.76. The second-order valence-electron chi connectivity index (χ2n) is 3.77. The summed E-state index contributed by atoms with van der Waals surface area (Å²) >= 11 is 5.90. The van der Waals surface area contributed by atoms with Gasteiger partial charge in [-0.3, -0.25) is 4.79 Å². The first-order chi connectivity index (χ1) is 7.63.